The Morgan fingerprint density at radius 2 is 0.713 bits per heavy atom. The summed E-state index contributed by atoms with van der Waals surface area (Å²) < 4.78 is 94.5. The van der Waals surface area contributed by atoms with Crippen molar-refractivity contribution >= 4 is 17.7 Å². The van der Waals surface area contributed by atoms with Crippen LogP contribution in [0.5, 0.6) is 0 Å². The van der Waals surface area contributed by atoms with Crippen molar-refractivity contribution in [1.29, 1.82) is 0 Å². The van der Waals surface area contributed by atoms with Crippen molar-refractivity contribution in [3.05, 3.63) is 0 Å². The highest BCUT2D eigenvalue weighted by molar-refractivity contribution is 5.74. The van der Waals surface area contributed by atoms with Crippen molar-refractivity contribution in [3.8, 4) is 0 Å². The van der Waals surface area contributed by atoms with E-state index in [1.54, 1.807) is 0 Å². The van der Waals surface area contributed by atoms with Crippen molar-refractivity contribution in [2.75, 3.05) is 59.5 Å². The molecule has 48 heteroatoms. The van der Waals surface area contributed by atoms with E-state index in [0.29, 0.717) is 0 Å². The first-order valence-electron chi connectivity index (χ1n) is 34.4. The first-order valence-corrected chi connectivity index (χ1v) is 34.4. The molecule has 0 aromatic heterocycles. The van der Waals surface area contributed by atoms with E-state index in [1.807, 2.05) is 0 Å². The van der Waals surface area contributed by atoms with Crippen LogP contribution in [0, 0.1) is 0 Å². The molecular weight excluding hydrogens is 1480 g/mol. The van der Waals surface area contributed by atoms with Gasteiger partial charge in [-0.05, 0) is 6.92 Å². The number of aliphatic hydroxyl groups excluding tert-OH is 26. The summed E-state index contributed by atoms with van der Waals surface area (Å²) in [4.78, 5) is 38.3. The van der Waals surface area contributed by atoms with Crippen LogP contribution >= 0.6 is 0 Å². The number of hydrogen-bond acceptors (Lipinski definition) is 45. The Hall–Kier alpha value is -3.27. The van der Waals surface area contributed by atoms with Gasteiger partial charge in [-0.25, -0.2) is 0 Å². The summed E-state index contributed by atoms with van der Waals surface area (Å²) in [5.74, 6) is -2.82. The predicted molar refractivity (Wildman–Crippen MR) is 333 cm³/mol. The molecule has 0 aromatic rings. The molecule has 8 aliphatic rings. The predicted octanol–water partition coefficient (Wildman–Crippen LogP) is -19.5. The fraction of sp³-hybridized carbons (Fsp3) is 0.950. The molecule has 628 valence electrons. The Labute approximate surface area is 612 Å². The number of amides is 3. The van der Waals surface area contributed by atoms with Crippen molar-refractivity contribution in [1.82, 2.24) is 16.0 Å². The molecule has 0 saturated carbocycles. The van der Waals surface area contributed by atoms with Crippen LogP contribution < -0.4 is 16.0 Å². The zero-order valence-corrected chi connectivity index (χ0v) is 58.2. The maximum atomic E-state index is 13.2. The summed E-state index contributed by atoms with van der Waals surface area (Å²) in [6.45, 7) is -5.83. The summed E-state index contributed by atoms with van der Waals surface area (Å²) in [5, 5.41) is 294. The average molecular weight is 1590 g/mol. The van der Waals surface area contributed by atoms with Gasteiger partial charge in [0.2, 0.25) is 17.7 Å². The molecule has 0 unspecified atom stereocenters. The van der Waals surface area contributed by atoms with Crippen LogP contribution in [-0.4, -0.2) is 480 Å². The summed E-state index contributed by atoms with van der Waals surface area (Å²) in [5.41, 5.74) is 0. The van der Waals surface area contributed by atoms with Gasteiger partial charge in [0.1, 0.15) is 207 Å². The largest absolute Gasteiger partial charge is 0.394 e. The normalized spacial score (nSPS) is 47.3. The van der Waals surface area contributed by atoms with Crippen LogP contribution in [0.1, 0.15) is 27.7 Å². The summed E-state index contributed by atoms with van der Waals surface area (Å²) in [6, 6.07) is -5.73. The van der Waals surface area contributed by atoms with Gasteiger partial charge in [0.25, 0.3) is 0 Å². The molecule has 108 heavy (non-hydrogen) atoms. The molecule has 8 saturated heterocycles. The average Bonchev–Trinajstić information content (AvgIpc) is 1.66. The molecule has 48 nitrogen and oxygen atoms in total. The summed E-state index contributed by atoms with van der Waals surface area (Å²) in [6.07, 6.45) is -86.3. The second-order valence-corrected chi connectivity index (χ2v) is 27.3. The number of rotatable bonds is 31. The monoisotopic (exact) mass is 1590 g/mol. The van der Waals surface area contributed by atoms with E-state index in [-0.39, 0.29) is 0 Å². The van der Waals surface area contributed by atoms with E-state index < -0.39 is 347 Å². The number of nitrogens with one attached hydrogen (secondary N) is 3. The van der Waals surface area contributed by atoms with E-state index in [2.05, 4.69) is 16.0 Å². The van der Waals surface area contributed by atoms with Crippen LogP contribution in [-0.2, 0) is 90.2 Å². The molecule has 0 aliphatic carbocycles. The highest BCUT2D eigenvalue weighted by Crippen LogP contribution is 2.39. The molecule has 0 radical (unpaired) electrons. The highest BCUT2D eigenvalue weighted by Gasteiger charge is 2.60. The fourth-order valence-corrected chi connectivity index (χ4v) is 13.4. The molecule has 8 rings (SSSR count). The van der Waals surface area contributed by atoms with Gasteiger partial charge in [0.05, 0.1) is 71.6 Å². The molecule has 8 fully saturated rings. The van der Waals surface area contributed by atoms with Gasteiger partial charge < -0.3 is 225 Å². The molecule has 29 N–H and O–H groups in total. The molecule has 44 atom stereocenters. The molecule has 8 heterocycles. The second kappa shape index (κ2) is 39.9. The van der Waals surface area contributed by atoms with E-state index in [0.717, 1.165) is 20.8 Å². The van der Waals surface area contributed by atoms with Crippen LogP contribution in [0.3, 0.4) is 0 Å². The minimum atomic E-state index is -2.62. The van der Waals surface area contributed by atoms with Gasteiger partial charge in [-0.2, -0.15) is 0 Å². The Bertz CT molecular complexity index is 2770. The van der Waals surface area contributed by atoms with E-state index in [4.69, 9.17) is 75.8 Å². The molecule has 0 aromatic carbocycles. The van der Waals surface area contributed by atoms with Gasteiger partial charge in [-0.1, -0.05) is 0 Å². The number of aliphatic hydroxyl groups is 26. The van der Waals surface area contributed by atoms with Gasteiger partial charge in [-0.15, -0.1) is 0 Å². The van der Waals surface area contributed by atoms with E-state index in [9.17, 15) is 147 Å². The third-order valence-corrected chi connectivity index (χ3v) is 19.5. The Morgan fingerprint density at radius 1 is 0.343 bits per heavy atom. The lowest BCUT2D eigenvalue weighted by Gasteiger charge is -2.51. The molecule has 0 spiro atoms. The second-order valence-electron chi connectivity index (χ2n) is 27.3. The van der Waals surface area contributed by atoms with Gasteiger partial charge >= 0.3 is 0 Å². The molecule has 8 aliphatic heterocycles. The SMILES string of the molecule is CC(=O)N[C@H]1[C@H](O[C@@H]([C@H](O)[C@H](CO)NC(C)=O)[C@H](O)CO[C@@H]2O[C@@H](C)[C@@H](O)[C@@H](O)[C@@H]2O)O[C@H](CO)[C@@H](O[C@@H]2O[C@H](CO[C@H]3O[C@H](CO[C@H]4O[C@H](CO)[C@@H](O)[C@H](O)[C@@H]4O)[C@@H](O)[C@H](O[C@H]4O[C@H](CO)[C@@H](O)[C@H](O)[C@@H]4O)[C@@H]3O)[C@@H](O[C@@H]3O[C@H](CO)[C@@H](O)[C@H](O)[C@H]3NC(C)=O)[C@H](O[C@H]3O[C@H](CO)[C@@H](O)[C@H](O)[C@@H]3O)[C@@H]2O)[C@@H]1O. The smallest absolute Gasteiger partial charge is 0.217 e. The zero-order chi connectivity index (χ0) is 79.9. The van der Waals surface area contributed by atoms with Crippen molar-refractivity contribution in [2.45, 2.75) is 298 Å². The fourth-order valence-electron chi connectivity index (χ4n) is 13.4. The summed E-state index contributed by atoms with van der Waals surface area (Å²) >= 11 is 0. The lowest BCUT2D eigenvalue weighted by molar-refractivity contribution is -0.400. The van der Waals surface area contributed by atoms with Crippen LogP contribution in [0.2, 0.25) is 0 Å². The Balaban J connectivity index is 1.20. The first-order chi connectivity index (χ1) is 51.0. The number of hydrogen-bond donors (Lipinski definition) is 29. The quantitative estimate of drug-likeness (QED) is 0.0306. The minimum absolute atomic E-state index is 0.858. The van der Waals surface area contributed by atoms with E-state index >= 15 is 0 Å². The van der Waals surface area contributed by atoms with E-state index in [1.165, 1.54) is 6.92 Å². The van der Waals surface area contributed by atoms with Crippen LogP contribution in [0.15, 0.2) is 0 Å². The Kier molecular flexibility index (Phi) is 33.3. The number of carbonyl (C=O) groups is 3. The lowest BCUT2D eigenvalue weighted by atomic mass is 9.94. The molecule has 0 bridgehead atoms. The Morgan fingerprint density at radius 3 is 1.20 bits per heavy atom. The standard InChI is InChI=1S/C60H103N3O45/c1-14-29(74)38(83)42(87)55(96-14)93-11-19(73)48(30(75)18(5-64)61-15(2)70)104-54-28(63-17(4)72)37(82)49(24(10-69)101-54)105-60-47(92)52(108-59-45(90)41(86)34(79)23(9-68)100-59)50(106-53-27(62-16(3)71)36(81)31(76)20(6-65)97-53)26(103-60)13-95-57-46(91)51(107-58-44(89)40(85)33(78)22(8-67)99-58)35(80)25(102-57)12-94-56-43(88)39(84)32(77)21(7-66)98-56/h14,18-60,64-69,73-92H,5-13H2,1-4H3,(H,61,70)(H,62,71)(H,63,72)/t14-,18-,19+,20+,21+,22+,23+,24+,25+,26+,27+,28+,29+,30+,31+,32+,33+,34+,35+,36+,37+,38+,39-,40-,41-,42-,43-,44-,45-,46-,47-,48+,49+,50+,51-,52+,53-,54-,55+,56-,57-,58+,59+,60-/m0/s1. The first kappa shape index (κ1) is 90.3. The van der Waals surface area contributed by atoms with Gasteiger partial charge in [0, 0.05) is 20.8 Å². The molecule has 3 amide bonds. The molecular formula is C60H103N3O45. The third-order valence-electron chi connectivity index (χ3n) is 19.5. The minimum Gasteiger partial charge on any atom is -0.394 e. The van der Waals surface area contributed by atoms with Crippen molar-refractivity contribution in [3.63, 3.8) is 0 Å². The summed E-state index contributed by atoms with van der Waals surface area (Å²) in [7, 11) is 0. The van der Waals surface area contributed by atoms with Crippen LogP contribution in [0.4, 0.5) is 0 Å². The highest BCUT2D eigenvalue weighted by atomic mass is 16.8. The number of ether oxygens (including phenoxy) is 16. The zero-order valence-electron chi connectivity index (χ0n) is 58.2. The van der Waals surface area contributed by atoms with Gasteiger partial charge in [-0.3, -0.25) is 14.4 Å². The van der Waals surface area contributed by atoms with Gasteiger partial charge in [0.15, 0.2) is 50.3 Å². The maximum Gasteiger partial charge on any atom is 0.217 e. The van der Waals surface area contributed by atoms with Crippen molar-refractivity contribution < 1.29 is 223 Å². The maximum absolute atomic E-state index is 13.2. The number of carbonyl (C=O) groups excluding carboxylic acids is 3. The van der Waals surface area contributed by atoms with Crippen molar-refractivity contribution in [2.24, 2.45) is 0 Å². The third kappa shape index (κ3) is 20.5. The lowest BCUT2D eigenvalue weighted by Crippen LogP contribution is -2.71. The van der Waals surface area contributed by atoms with Crippen LogP contribution in [0.25, 0.3) is 0 Å². The topological polar surface area (TPSA) is 761 Å².